The largest absolute Gasteiger partial charge is 0.457 e. The number of aryl methyl sites for hydroxylation is 1. The topological polar surface area (TPSA) is 96.7 Å². The van der Waals surface area contributed by atoms with Gasteiger partial charge in [-0.25, -0.2) is 4.98 Å². The van der Waals surface area contributed by atoms with Gasteiger partial charge < -0.3 is 14.9 Å². The molecule has 0 spiro atoms. The molecule has 34 heavy (non-hydrogen) atoms. The highest BCUT2D eigenvalue weighted by molar-refractivity contribution is 7.09. The maximum Gasteiger partial charge on any atom is 0.309 e. The summed E-state index contributed by atoms with van der Waals surface area (Å²) < 4.78 is 5.79. The van der Waals surface area contributed by atoms with E-state index in [1.54, 1.807) is 32.1 Å². The van der Waals surface area contributed by atoms with E-state index in [9.17, 15) is 19.8 Å². The maximum absolute atomic E-state index is 13.1. The number of Topliss-reactive ketones (excluding diaryl/α,β-unsaturated/α-hetero) is 1. The number of ketones is 1. The summed E-state index contributed by atoms with van der Waals surface area (Å²) in [5, 5.41) is 24.4. The molecular formula is C27H39NO5S. The average molecular weight is 490 g/mol. The van der Waals surface area contributed by atoms with E-state index in [-0.39, 0.29) is 18.1 Å². The Morgan fingerprint density at radius 1 is 1.24 bits per heavy atom. The number of esters is 1. The maximum atomic E-state index is 13.1. The lowest BCUT2D eigenvalue weighted by Crippen LogP contribution is -2.45. The Morgan fingerprint density at radius 3 is 2.53 bits per heavy atom. The van der Waals surface area contributed by atoms with Crippen molar-refractivity contribution in [3.8, 4) is 0 Å². The number of allylic oxidation sites excluding steroid dienone is 2. The van der Waals surface area contributed by atoms with Gasteiger partial charge in [0.15, 0.2) is 0 Å². The first kappa shape index (κ1) is 28.1. The van der Waals surface area contributed by atoms with Gasteiger partial charge in [-0.1, -0.05) is 51.5 Å². The van der Waals surface area contributed by atoms with E-state index in [0.29, 0.717) is 12.8 Å². The standard InChI is InChI=1S/C27H39NO5S/c1-16-9-8-10-17(2)25(31)19(4)26(32)27(6,7)23(29)14-24(30)33-22(12-11-16)18(3)13-21-15-34-20(5)28-21/h8,10-11,13,15,17,19,22-23,25,29,31H,9,12,14H2,1-7H3/t17?,19-,22+,23+,25+/m1/s1. The molecule has 2 rings (SSSR count). The summed E-state index contributed by atoms with van der Waals surface area (Å²) in [6, 6.07) is 0. The van der Waals surface area contributed by atoms with Crippen LogP contribution in [-0.2, 0) is 14.3 Å². The highest BCUT2D eigenvalue weighted by Gasteiger charge is 2.42. The summed E-state index contributed by atoms with van der Waals surface area (Å²) in [5.41, 5.74) is 1.57. The predicted octanol–water partition coefficient (Wildman–Crippen LogP) is 5.04. The number of carbonyl (C=O) groups is 2. The molecule has 1 aliphatic rings. The van der Waals surface area contributed by atoms with Crippen LogP contribution in [0.2, 0.25) is 0 Å². The van der Waals surface area contributed by atoms with E-state index >= 15 is 0 Å². The molecule has 0 fully saturated rings. The summed E-state index contributed by atoms with van der Waals surface area (Å²) in [6.07, 6.45) is 6.13. The van der Waals surface area contributed by atoms with Crippen molar-refractivity contribution < 1.29 is 24.5 Å². The van der Waals surface area contributed by atoms with Gasteiger partial charge in [0, 0.05) is 23.6 Å². The van der Waals surface area contributed by atoms with Crippen LogP contribution in [0.4, 0.5) is 0 Å². The Labute approximate surface area is 207 Å². The van der Waals surface area contributed by atoms with Crippen LogP contribution < -0.4 is 0 Å². The molecule has 0 saturated carbocycles. The summed E-state index contributed by atoms with van der Waals surface area (Å²) >= 11 is 1.56. The summed E-state index contributed by atoms with van der Waals surface area (Å²) in [6.45, 7) is 12.6. The highest BCUT2D eigenvalue weighted by atomic mass is 32.1. The van der Waals surface area contributed by atoms with Crippen LogP contribution in [0.15, 0.2) is 34.8 Å². The van der Waals surface area contributed by atoms with Crippen LogP contribution in [0.1, 0.15) is 71.5 Å². The highest BCUT2D eigenvalue weighted by Crippen LogP contribution is 2.31. The molecule has 0 saturated heterocycles. The van der Waals surface area contributed by atoms with Gasteiger partial charge in [0.2, 0.25) is 0 Å². The lowest BCUT2D eigenvalue weighted by atomic mass is 9.73. The number of ether oxygens (including phenoxy) is 1. The van der Waals surface area contributed by atoms with Crippen molar-refractivity contribution in [1.82, 2.24) is 4.98 Å². The molecule has 6 nitrogen and oxygen atoms in total. The van der Waals surface area contributed by atoms with E-state index in [2.05, 4.69) is 4.98 Å². The number of aromatic nitrogens is 1. The Hall–Kier alpha value is -2.09. The van der Waals surface area contributed by atoms with Gasteiger partial charge in [0.05, 0.1) is 34.7 Å². The van der Waals surface area contributed by atoms with Crippen molar-refractivity contribution >= 4 is 29.2 Å². The number of nitrogens with zero attached hydrogens (tertiary/aromatic N) is 1. The number of hydrogen-bond acceptors (Lipinski definition) is 7. The third-order valence-corrected chi connectivity index (χ3v) is 7.44. The molecule has 0 radical (unpaired) electrons. The van der Waals surface area contributed by atoms with Crippen LogP contribution in [0.5, 0.6) is 0 Å². The van der Waals surface area contributed by atoms with Crippen LogP contribution in [0.25, 0.3) is 6.08 Å². The van der Waals surface area contributed by atoms with Crippen LogP contribution in [0.3, 0.4) is 0 Å². The van der Waals surface area contributed by atoms with E-state index in [4.69, 9.17) is 4.74 Å². The van der Waals surface area contributed by atoms with Gasteiger partial charge in [0.25, 0.3) is 0 Å². The zero-order chi connectivity index (χ0) is 25.6. The second kappa shape index (κ2) is 12.0. The molecule has 1 aliphatic heterocycles. The van der Waals surface area contributed by atoms with Crippen LogP contribution >= 0.6 is 11.3 Å². The fourth-order valence-corrected chi connectivity index (χ4v) is 4.62. The lowest BCUT2D eigenvalue weighted by molar-refractivity contribution is -0.154. The molecule has 188 valence electrons. The van der Waals surface area contributed by atoms with E-state index in [1.807, 2.05) is 57.4 Å². The van der Waals surface area contributed by atoms with E-state index in [1.165, 1.54) is 0 Å². The van der Waals surface area contributed by atoms with Crippen molar-refractivity contribution in [3.63, 3.8) is 0 Å². The normalized spacial score (nSPS) is 30.1. The average Bonchev–Trinajstić information content (AvgIpc) is 3.18. The van der Waals surface area contributed by atoms with Crippen molar-refractivity contribution in [2.75, 3.05) is 0 Å². The molecule has 7 heteroatoms. The fourth-order valence-electron chi connectivity index (χ4n) is 4.05. The van der Waals surface area contributed by atoms with E-state index in [0.717, 1.165) is 21.8 Å². The number of thiazole rings is 1. The monoisotopic (exact) mass is 489 g/mol. The third-order valence-electron chi connectivity index (χ3n) is 6.65. The summed E-state index contributed by atoms with van der Waals surface area (Å²) in [5.74, 6) is -1.77. The van der Waals surface area contributed by atoms with Crippen molar-refractivity contribution in [3.05, 3.63) is 45.5 Å². The zero-order valence-electron chi connectivity index (χ0n) is 21.4. The molecule has 2 N–H and O–H groups in total. The smallest absolute Gasteiger partial charge is 0.309 e. The molecule has 1 aromatic heterocycles. The van der Waals surface area contributed by atoms with Gasteiger partial charge in [-0.3, -0.25) is 9.59 Å². The molecule has 1 unspecified atom stereocenters. The molecule has 0 bridgehead atoms. The first-order chi connectivity index (χ1) is 15.8. The van der Waals surface area contributed by atoms with Gasteiger partial charge >= 0.3 is 5.97 Å². The SMILES string of the molecule is CC1=CC[C@@H](C(C)=Cc2csc(C)n2)OC(=O)C[C@H](O)C(C)(C)C(=O)[C@H](C)[C@@H](O)C(C)C=CC1. The Morgan fingerprint density at radius 2 is 1.91 bits per heavy atom. The molecule has 0 aliphatic carbocycles. The Kier molecular flexibility index (Phi) is 9.97. The second-order valence-corrected chi connectivity index (χ2v) is 11.1. The number of hydrogen-bond donors (Lipinski definition) is 2. The quantitative estimate of drug-likeness (QED) is 0.446. The summed E-state index contributed by atoms with van der Waals surface area (Å²) in [7, 11) is 0. The minimum Gasteiger partial charge on any atom is -0.457 e. The fraction of sp³-hybridized carbons (Fsp3) is 0.593. The molecule has 2 heterocycles. The number of rotatable bonds is 2. The number of cyclic esters (lactones) is 1. The Bertz CT molecular complexity index is 958. The minimum atomic E-state index is -1.23. The number of aliphatic hydroxyl groups is 2. The first-order valence-corrected chi connectivity index (χ1v) is 12.7. The first-order valence-electron chi connectivity index (χ1n) is 11.9. The molecule has 1 aromatic rings. The molecule has 0 amide bonds. The zero-order valence-corrected chi connectivity index (χ0v) is 22.2. The lowest BCUT2D eigenvalue weighted by Gasteiger charge is -2.34. The molecular weight excluding hydrogens is 450 g/mol. The van der Waals surface area contributed by atoms with Crippen LogP contribution in [0, 0.1) is 24.2 Å². The summed E-state index contributed by atoms with van der Waals surface area (Å²) in [4.78, 5) is 30.4. The Balaban J connectivity index is 2.37. The number of carbonyl (C=O) groups excluding carboxylic acids is 2. The van der Waals surface area contributed by atoms with E-state index < -0.39 is 35.6 Å². The van der Waals surface area contributed by atoms with Crippen molar-refractivity contribution in [2.24, 2.45) is 17.3 Å². The van der Waals surface area contributed by atoms with Gasteiger partial charge in [-0.05, 0) is 38.8 Å². The van der Waals surface area contributed by atoms with Crippen molar-refractivity contribution in [1.29, 1.82) is 0 Å². The third kappa shape index (κ3) is 7.45. The predicted molar refractivity (Wildman–Crippen MR) is 136 cm³/mol. The number of aliphatic hydroxyl groups excluding tert-OH is 2. The van der Waals surface area contributed by atoms with Gasteiger partial charge in [-0.15, -0.1) is 11.3 Å². The minimum absolute atomic E-state index is 0.225. The molecule has 5 atom stereocenters. The van der Waals surface area contributed by atoms with Gasteiger partial charge in [0.1, 0.15) is 11.9 Å². The van der Waals surface area contributed by atoms with Gasteiger partial charge in [-0.2, -0.15) is 0 Å². The molecule has 0 aromatic carbocycles. The van der Waals surface area contributed by atoms with Crippen LogP contribution in [-0.4, -0.2) is 45.3 Å². The second-order valence-electron chi connectivity index (χ2n) is 10.0. The van der Waals surface area contributed by atoms with Crippen molar-refractivity contribution in [2.45, 2.75) is 86.0 Å².